The Kier molecular flexibility index (Phi) is 9.43. The van der Waals surface area contributed by atoms with E-state index >= 15 is 0 Å². The number of hydrogen-bond donors (Lipinski definition) is 1. The van der Waals surface area contributed by atoms with Crippen molar-refractivity contribution >= 4 is 62.3 Å². The van der Waals surface area contributed by atoms with Gasteiger partial charge in [-0.3, -0.25) is 13.9 Å². The number of likely N-dealkylation sites (N-methyl/N-ethyl adjacent to an activating group) is 1. The molecule has 0 heterocycles. The highest BCUT2D eigenvalue weighted by Crippen LogP contribution is 2.35. The van der Waals surface area contributed by atoms with Crippen LogP contribution in [0.4, 0.5) is 5.69 Å². The number of amides is 2. The number of carbonyl (C=O) groups excluding carboxylic acids is 2. The second-order valence-electron chi connectivity index (χ2n) is 7.53. The second kappa shape index (κ2) is 11.4. The van der Waals surface area contributed by atoms with Crippen molar-refractivity contribution in [2.24, 2.45) is 0 Å². The number of nitrogens with one attached hydrogen (secondary N) is 1. The maximum Gasteiger partial charge on any atom is 0.244 e. The molecule has 2 aromatic rings. The molecule has 0 bridgehead atoms. The summed E-state index contributed by atoms with van der Waals surface area (Å²) in [6.07, 6.45) is 1.29. The average Bonchev–Trinajstić information content (AvgIpc) is 2.74. The maximum absolute atomic E-state index is 13.5. The molecule has 1 atom stereocenters. The molecule has 0 radical (unpaired) electrons. The predicted molar refractivity (Wildman–Crippen MR) is 134 cm³/mol. The molecular formula is C22H26Cl3N3O4S. The lowest BCUT2D eigenvalue weighted by molar-refractivity contribution is -0.140. The third kappa shape index (κ3) is 6.99. The van der Waals surface area contributed by atoms with Crippen LogP contribution in [0.2, 0.25) is 15.1 Å². The van der Waals surface area contributed by atoms with Crippen molar-refractivity contribution in [3.8, 4) is 0 Å². The van der Waals surface area contributed by atoms with E-state index in [4.69, 9.17) is 34.8 Å². The summed E-state index contributed by atoms with van der Waals surface area (Å²) in [6, 6.07) is 9.32. The SMILES string of the molecule is CC[C@@H](C(=O)NC)N(Cc1ccc(C)cc1)C(=O)CN(c1cc(Cl)c(Cl)cc1Cl)S(C)(=O)=O. The molecule has 180 valence electrons. The van der Waals surface area contributed by atoms with E-state index in [-0.39, 0.29) is 33.2 Å². The summed E-state index contributed by atoms with van der Waals surface area (Å²) in [4.78, 5) is 27.4. The van der Waals surface area contributed by atoms with Crippen molar-refractivity contribution in [1.29, 1.82) is 0 Å². The number of nitrogens with zero attached hydrogens (tertiary/aromatic N) is 2. The van der Waals surface area contributed by atoms with Crippen LogP contribution in [0.5, 0.6) is 0 Å². The van der Waals surface area contributed by atoms with E-state index in [0.717, 1.165) is 21.7 Å². The first kappa shape index (κ1) is 27.2. The zero-order valence-electron chi connectivity index (χ0n) is 18.7. The molecule has 33 heavy (non-hydrogen) atoms. The molecule has 2 rings (SSSR count). The van der Waals surface area contributed by atoms with Gasteiger partial charge in [0.1, 0.15) is 12.6 Å². The average molecular weight is 535 g/mol. The summed E-state index contributed by atoms with van der Waals surface area (Å²) in [5.41, 5.74) is 1.87. The minimum absolute atomic E-state index is 0.0187. The molecule has 7 nitrogen and oxygen atoms in total. The number of aryl methyl sites for hydroxylation is 1. The number of sulfonamides is 1. The van der Waals surface area contributed by atoms with Crippen molar-refractivity contribution in [3.63, 3.8) is 0 Å². The summed E-state index contributed by atoms with van der Waals surface area (Å²) in [6.45, 7) is 3.27. The first-order valence-electron chi connectivity index (χ1n) is 10.1. The Morgan fingerprint density at radius 1 is 1.03 bits per heavy atom. The van der Waals surface area contributed by atoms with Crippen LogP contribution >= 0.6 is 34.8 Å². The Hall–Kier alpha value is -2.00. The molecule has 0 unspecified atom stereocenters. The fourth-order valence-electron chi connectivity index (χ4n) is 3.27. The summed E-state index contributed by atoms with van der Waals surface area (Å²) in [7, 11) is -2.45. The molecule has 2 aromatic carbocycles. The van der Waals surface area contributed by atoms with Gasteiger partial charge in [-0.1, -0.05) is 71.6 Å². The van der Waals surface area contributed by atoms with Crippen LogP contribution in [0.15, 0.2) is 36.4 Å². The first-order chi connectivity index (χ1) is 15.4. The third-order valence-electron chi connectivity index (χ3n) is 5.04. The van der Waals surface area contributed by atoms with Crippen LogP contribution < -0.4 is 9.62 Å². The van der Waals surface area contributed by atoms with Crippen LogP contribution in [-0.4, -0.2) is 51.0 Å². The van der Waals surface area contributed by atoms with E-state index in [0.29, 0.717) is 6.42 Å². The fraction of sp³-hybridized carbons (Fsp3) is 0.364. The van der Waals surface area contributed by atoms with Crippen LogP contribution in [0, 0.1) is 6.92 Å². The summed E-state index contributed by atoms with van der Waals surface area (Å²) >= 11 is 18.3. The van der Waals surface area contributed by atoms with E-state index in [9.17, 15) is 18.0 Å². The van der Waals surface area contributed by atoms with Crippen LogP contribution in [-0.2, 0) is 26.2 Å². The Morgan fingerprint density at radius 3 is 2.12 bits per heavy atom. The largest absolute Gasteiger partial charge is 0.357 e. The molecule has 11 heteroatoms. The minimum atomic E-state index is -3.94. The van der Waals surface area contributed by atoms with Crippen molar-refractivity contribution < 1.29 is 18.0 Å². The third-order valence-corrected chi connectivity index (χ3v) is 7.19. The van der Waals surface area contributed by atoms with E-state index in [1.165, 1.54) is 24.1 Å². The molecule has 0 aromatic heterocycles. The molecule has 0 fully saturated rings. The van der Waals surface area contributed by atoms with Crippen molar-refractivity contribution in [3.05, 3.63) is 62.6 Å². The second-order valence-corrected chi connectivity index (χ2v) is 10.7. The first-order valence-corrected chi connectivity index (χ1v) is 13.1. The normalized spacial score (nSPS) is 12.2. The number of carbonyl (C=O) groups is 2. The maximum atomic E-state index is 13.5. The Morgan fingerprint density at radius 2 is 1.61 bits per heavy atom. The van der Waals surface area contributed by atoms with Crippen LogP contribution in [0.3, 0.4) is 0 Å². The zero-order valence-corrected chi connectivity index (χ0v) is 21.8. The number of benzene rings is 2. The topological polar surface area (TPSA) is 86.8 Å². The van der Waals surface area contributed by atoms with Crippen LogP contribution in [0.1, 0.15) is 24.5 Å². The summed E-state index contributed by atoms with van der Waals surface area (Å²) < 4.78 is 26.1. The lowest BCUT2D eigenvalue weighted by Gasteiger charge is -2.32. The van der Waals surface area contributed by atoms with Gasteiger partial charge in [-0.25, -0.2) is 8.42 Å². The molecule has 2 amide bonds. The van der Waals surface area contributed by atoms with Gasteiger partial charge in [0.25, 0.3) is 0 Å². The van der Waals surface area contributed by atoms with Crippen molar-refractivity contribution in [2.75, 3.05) is 24.2 Å². The summed E-state index contributed by atoms with van der Waals surface area (Å²) in [5, 5.41) is 2.82. The van der Waals surface area contributed by atoms with Crippen molar-refractivity contribution in [2.45, 2.75) is 32.9 Å². The predicted octanol–water partition coefficient (Wildman–Crippen LogP) is 4.27. The molecule has 1 N–H and O–H groups in total. The molecule has 0 aliphatic heterocycles. The van der Waals surface area contributed by atoms with Gasteiger partial charge in [-0.15, -0.1) is 0 Å². The lowest BCUT2D eigenvalue weighted by Crippen LogP contribution is -2.51. The molecule has 0 spiro atoms. The highest BCUT2D eigenvalue weighted by Gasteiger charge is 2.32. The van der Waals surface area contributed by atoms with Gasteiger partial charge in [-0.2, -0.15) is 0 Å². The Balaban J connectivity index is 2.49. The van der Waals surface area contributed by atoms with Gasteiger partial charge >= 0.3 is 0 Å². The molecule has 0 saturated carbocycles. The number of rotatable bonds is 9. The van der Waals surface area contributed by atoms with Gasteiger partial charge in [0.15, 0.2) is 0 Å². The van der Waals surface area contributed by atoms with E-state index in [2.05, 4.69) is 5.32 Å². The number of hydrogen-bond acceptors (Lipinski definition) is 4. The Labute approximate surface area is 209 Å². The molecule has 0 aliphatic rings. The summed E-state index contributed by atoms with van der Waals surface area (Å²) in [5.74, 6) is -0.921. The van der Waals surface area contributed by atoms with Crippen molar-refractivity contribution in [1.82, 2.24) is 10.2 Å². The quantitative estimate of drug-likeness (QED) is 0.487. The van der Waals surface area contributed by atoms with Gasteiger partial charge < -0.3 is 10.2 Å². The fourth-order valence-corrected chi connectivity index (χ4v) is 4.82. The minimum Gasteiger partial charge on any atom is -0.357 e. The van der Waals surface area contributed by atoms with E-state index < -0.39 is 28.5 Å². The molecular weight excluding hydrogens is 509 g/mol. The Bertz CT molecular complexity index is 1120. The van der Waals surface area contributed by atoms with E-state index in [1.807, 2.05) is 31.2 Å². The molecule has 0 aliphatic carbocycles. The highest BCUT2D eigenvalue weighted by molar-refractivity contribution is 7.92. The van der Waals surface area contributed by atoms with Gasteiger partial charge in [-0.05, 0) is 31.0 Å². The van der Waals surface area contributed by atoms with Gasteiger partial charge in [0.05, 0.1) is 27.0 Å². The van der Waals surface area contributed by atoms with Gasteiger partial charge in [0, 0.05) is 13.6 Å². The standard InChI is InChI=1S/C22H26Cl3N3O4S/c1-5-19(22(30)26-3)27(12-15-8-6-14(2)7-9-15)21(29)13-28(33(4,31)32)20-11-17(24)16(23)10-18(20)25/h6-11,19H,5,12-13H2,1-4H3,(H,26,30)/t19-/m0/s1. The number of anilines is 1. The lowest BCUT2D eigenvalue weighted by atomic mass is 10.1. The smallest absolute Gasteiger partial charge is 0.244 e. The van der Waals surface area contributed by atoms with E-state index in [1.54, 1.807) is 6.92 Å². The zero-order chi connectivity index (χ0) is 24.9. The number of halogens is 3. The highest BCUT2D eigenvalue weighted by atomic mass is 35.5. The van der Waals surface area contributed by atoms with Gasteiger partial charge in [0.2, 0.25) is 21.8 Å². The van der Waals surface area contributed by atoms with Crippen LogP contribution in [0.25, 0.3) is 0 Å². The molecule has 0 saturated heterocycles. The monoisotopic (exact) mass is 533 g/mol.